The highest BCUT2D eigenvalue weighted by molar-refractivity contribution is 7.07. The zero-order valence-electron chi connectivity index (χ0n) is 11.0. The Morgan fingerprint density at radius 3 is 2.65 bits per heavy atom. The minimum Gasteiger partial charge on any atom is -0.311 e. The highest BCUT2D eigenvalue weighted by atomic mass is 32.1. The molecule has 2 rings (SSSR count). The van der Waals surface area contributed by atoms with E-state index in [-0.39, 0.29) is 0 Å². The van der Waals surface area contributed by atoms with E-state index >= 15 is 0 Å². The molecular formula is C14H24N2S. The van der Waals surface area contributed by atoms with Crippen LogP contribution in [-0.2, 0) is 6.54 Å². The molecule has 0 aliphatic heterocycles. The fraction of sp³-hybridized carbons (Fsp3) is 0.714. The van der Waals surface area contributed by atoms with Gasteiger partial charge in [0.25, 0.3) is 0 Å². The third-order valence-corrected chi connectivity index (χ3v) is 4.83. The van der Waals surface area contributed by atoms with Gasteiger partial charge in [-0.05, 0) is 49.3 Å². The van der Waals surface area contributed by atoms with Crippen LogP contribution in [0.15, 0.2) is 16.8 Å². The van der Waals surface area contributed by atoms with Crippen molar-refractivity contribution < 1.29 is 0 Å². The van der Waals surface area contributed by atoms with Crippen molar-refractivity contribution in [1.82, 2.24) is 10.2 Å². The molecule has 1 aromatic heterocycles. The quantitative estimate of drug-likeness (QED) is 0.866. The molecule has 0 bridgehead atoms. The summed E-state index contributed by atoms with van der Waals surface area (Å²) < 4.78 is 0. The van der Waals surface area contributed by atoms with Crippen LogP contribution in [0.25, 0.3) is 0 Å². The molecule has 0 aromatic carbocycles. The van der Waals surface area contributed by atoms with Gasteiger partial charge in [0, 0.05) is 18.6 Å². The van der Waals surface area contributed by atoms with E-state index < -0.39 is 0 Å². The molecular weight excluding hydrogens is 228 g/mol. The molecule has 1 aliphatic carbocycles. The summed E-state index contributed by atoms with van der Waals surface area (Å²) in [5.41, 5.74) is 1.81. The lowest BCUT2D eigenvalue weighted by Gasteiger charge is -2.43. The molecule has 1 fully saturated rings. The van der Waals surface area contributed by atoms with Crippen LogP contribution < -0.4 is 5.32 Å². The first-order chi connectivity index (χ1) is 8.23. The molecule has 1 N–H and O–H groups in total. The molecule has 0 unspecified atom stereocenters. The van der Waals surface area contributed by atoms with Crippen molar-refractivity contribution >= 4 is 11.3 Å². The Labute approximate surface area is 109 Å². The predicted octanol–water partition coefficient (Wildman–Crippen LogP) is 3.10. The van der Waals surface area contributed by atoms with Crippen LogP contribution in [0.3, 0.4) is 0 Å². The van der Waals surface area contributed by atoms with Crippen LogP contribution in [0.2, 0.25) is 0 Å². The van der Waals surface area contributed by atoms with Gasteiger partial charge in [0.1, 0.15) is 0 Å². The zero-order valence-corrected chi connectivity index (χ0v) is 11.9. The summed E-state index contributed by atoms with van der Waals surface area (Å²) in [6.45, 7) is 2.13. The first kappa shape index (κ1) is 13.1. The molecule has 0 saturated heterocycles. The summed E-state index contributed by atoms with van der Waals surface area (Å²) >= 11 is 1.78. The van der Waals surface area contributed by atoms with Crippen LogP contribution in [0, 0.1) is 0 Å². The maximum Gasteiger partial charge on any atom is 0.0328 e. The van der Waals surface area contributed by atoms with Gasteiger partial charge >= 0.3 is 0 Å². The van der Waals surface area contributed by atoms with Gasteiger partial charge in [-0.3, -0.25) is 0 Å². The van der Waals surface area contributed by atoms with Gasteiger partial charge < -0.3 is 10.2 Å². The second-order valence-electron chi connectivity index (χ2n) is 5.41. The van der Waals surface area contributed by atoms with Crippen molar-refractivity contribution in [2.24, 2.45) is 0 Å². The van der Waals surface area contributed by atoms with E-state index in [4.69, 9.17) is 0 Å². The third kappa shape index (κ3) is 3.30. The van der Waals surface area contributed by atoms with Crippen molar-refractivity contribution in [3.63, 3.8) is 0 Å². The van der Waals surface area contributed by atoms with Crippen molar-refractivity contribution in [2.75, 3.05) is 20.6 Å². The van der Waals surface area contributed by atoms with Crippen molar-refractivity contribution in [2.45, 2.75) is 44.2 Å². The second kappa shape index (κ2) is 5.98. The summed E-state index contributed by atoms with van der Waals surface area (Å²) in [5.74, 6) is 0. The Hall–Kier alpha value is -0.380. The summed E-state index contributed by atoms with van der Waals surface area (Å²) in [5, 5.41) is 8.03. The first-order valence-corrected chi connectivity index (χ1v) is 7.56. The van der Waals surface area contributed by atoms with Crippen LogP contribution in [-0.4, -0.2) is 31.1 Å². The minimum atomic E-state index is 0.397. The summed E-state index contributed by atoms with van der Waals surface area (Å²) in [6.07, 6.45) is 6.88. The molecule has 0 radical (unpaired) electrons. The van der Waals surface area contributed by atoms with E-state index in [0.717, 1.165) is 13.1 Å². The third-order valence-electron chi connectivity index (χ3n) is 4.10. The van der Waals surface area contributed by atoms with Crippen molar-refractivity contribution in [3.8, 4) is 0 Å². The number of hydrogen-bond acceptors (Lipinski definition) is 3. The topological polar surface area (TPSA) is 15.3 Å². The zero-order chi connectivity index (χ0) is 12.1. The fourth-order valence-corrected chi connectivity index (χ4v) is 3.49. The Morgan fingerprint density at radius 2 is 2.06 bits per heavy atom. The lowest BCUT2D eigenvalue weighted by molar-refractivity contribution is 0.0984. The highest BCUT2D eigenvalue weighted by Gasteiger charge is 2.33. The number of thiophene rings is 1. The normalized spacial score (nSPS) is 19.7. The highest BCUT2D eigenvalue weighted by Crippen LogP contribution is 2.31. The number of rotatable bonds is 5. The van der Waals surface area contributed by atoms with E-state index in [9.17, 15) is 0 Å². The van der Waals surface area contributed by atoms with E-state index in [0.29, 0.717) is 5.54 Å². The Bertz CT molecular complexity index is 313. The number of nitrogens with zero attached hydrogens (tertiary/aromatic N) is 1. The summed E-state index contributed by atoms with van der Waals surface area (Å²) in [7, 11) is 4.47. The predicted molar refractivity (Wildman–Crippen MR) is 75.5 cm³/mol. The van der Waals surface area contributed by atoms with Gasteiger partial charge in [-0.1, -0.05) is 19.3 Å². The molecule has 1 aromatic rings. The van der Waals surface area contributed by atoms with Gasteiger partial charge in [0.2, 0.25) is 0 Å². The van der Waals surface area contributed by atoms with Crippen LogP contribution in [0.5, 0.6) is 0 Å². The van der Waals surface area contributed by atoms with E-state index in [1.165, 1.54) is 37.7 Å². The van der Waals surface area contributed by atoms with Gasteiger partial charge in [0.05, 0.1) is 0 Å². The maximum absolute atomic E-state index is 3.64. The average molecular weight is 252 g/mol. The average Bonchev–Trinajstić information content (AvgIpc) is 2.83. The molecule has 0 atom stereocenters. The molecule has 17 heavy (non-hydrogen) atoms. The smallest absolute Gasteiger partial charge is 0.0328 e. The van der Waals surface area contributed by atoms with Gasteiger partial charge in [0.15, 0.2) is 0 Å². The largest absolute Gasteiger partial charge is 0.311 e. The van der Waals surface area contributed by atoms with Crippen LogP contribution in [0.4, 0.5) is 0 Å². The van der Waals surface area contributed by atoms with Crippen LogP contribution in [0.1, 0.15) is 37.7 Å². The van der Waals surface area contributed by atoms with E-state index in [1.807, 2.05) is 0 Å². The van der Waals surface area contributed by atoms with Crippen LogP contribution >= 0.6 is 11.3 Å². The van der Waals surface area contributed by atoms with Gasteiger partial charge in [-0.25, -0.2) is 0 Å². The first-order valence-electron chi connectivity index (χ1n) is 6.62. The van der Waals surface area contributed by atoms with E-state index in [2.05, 4.69) is 41.1 Å². The molecule has 96 valence electrons. The second-order valence-corrected chi connectivity index (χ2v) is 6.19. The Balaban J connectivity index is 1.85. The maximum atomic E-state index is 3.64. The SMILES string of the molecule is CN(C)C1(CNCc2ccsc2)CCCCC1. The standard InChI is InChI=1S/C14H24N2S/c1-16(2)14(7-4-3-5-8-14)12-15-10-13-6-9-17-11-13/h6,9,11,15H,3-5,7-8,10,12H2,1-2H3. The van der Waals surface area contributed by atoms with Gasteiger partial charge in [-0.2, -0.15) is 11.3 Å². The lowest BCUT2D eigenvalue weighted by atomic mass is 9.80. The molecule has 0 amide bonds. The summed E-state index contributed by atoms with van der Waals surface area (Å²) in [4.78, 5) is 2.44. The van der Waals surface area contributed by atoms with Crippen molar-refractivity contribution in [3.05, 3.63) is 22.4 Å². The van der Waals surface area contributed by atoms with Crippen molar-refractivity contribution in [1.29, 1.82) is 0 Å². The molecule has 1 aliphatic rings. The van der Waals surface area contributed by atoms with Gasteiger partial charge in [-0.15, -0.1) is 0 Å². The molecule has 1 heterocycles. The molecule has 0 spiro atoms. The molecule has 2 nitrogen and oxygen atoms in total. The molecule has 3 heteroatoms. The number of hydrogen-bond donors (Lipinski definition) is 1. The lowest BCUT2D eigenvalue weighted by Crippen LogP contribution is -2.52. The number of likely N-dealkylation sites (N-methyl/N-ethyl adjacent to an activating group) is 1. The molecule has 1 saturated carbocycles. The summed E-state index contributed by atoms with van der Waals surface area (Å²) in [6, 6.07) is 2.21. The minimum absolute atomic E-state index is 0.397. The van der Waals surface area contributed by atoms with E-state index in [1.54, 1.807) is 11.3 Å². The monoisotopic (exact) mass is 252 g/mol. The fourth-order valence-electron chi connectivity index (χ4n) is 2.82. The number of nitrogens with one attached hydrogen (secondary N) is 1. The Kier molecular flexibility index (Phi) is 4.60. The Morgan fingerprint density at radius 1 is 1.29 bits per heavy atom.